The molecule has 2 N–H and O–H groups in total. The molecule has 0 aliphatic carbocycles. The third kappa shape index (κ3) is 4.09. The van der Waals surface area contributed by atoms with Gasteiger partial charge in [-0.2, -0.15) is 0 Å². The molecular weight excluding hydrogens is 186 g/mol. The van der Waals surface area contributed by atoms with Gasteiger partial charge in [0.2, 0.25) is 0 Å². The molecule has 0 saturated carbocycles. The van der Waals surface area contributed by atoms with Crippen molar-refractivity contribution in [1.29, 1.82) is 0 Å². The number of hydrogen-bond donors (Lipinski definition) is 1. The molecule has 1 rings (SSSR count). The van der Waals surface area contributed by atoms with Crippen molar-refractivity contribution in [3.8, 4) is 0 Å². The summed E-state index contributed by atoms with van der Waals surface area (Å²) in [6.07, 6.45) is 2.48. The monoisotopic (exact) mass is 213 g/mol. The van der Waals surface area contributed by atoms with Gasteiger partial charge in [-0.3, -0.25) is 0 Å². The normalized spacial score (nSPS) is 24.0. The van der Waals surface area contributed by atoms with E-state index in [1.807, 2.05) is 0 Å². The van der Waals surface area contributed by atoms with E-state index in [2.05, 4.69) is 30.7 Å². The van der Waals surface area contributed by atoms with E-state index in [9.17, 15) is 0 Å². The molecular formula is C12H27N3. The van der Waals surface area contributed by atoms with E-state index in [4.69, 9.17) is 5.73 Å². The van der Waals surface area contributed by atoms with Crippen LogP contribution in [-0.4, -0.2) is 56.1 Å². The van der Waals surface area contributed by atoms with Crippen molar-refractivity contribution in [2.24, 2.45) is 11.1 Å². The van der Waals surface area contributed by atoms with Crippen LogP contribution in [0.3, 0.4) is 0 Å². The first-order valence-electron chi connectivity index (χ1n) is 6.20. The lowest BCUT2D eigenvalue weighted by atomic mass is 9.85. The van der Waals surface area contributed by atoms with Gasteiger partial charge in [-0.25, -0.2) is 0 Å². The molecule has 15 heavy (non-hydrogen) atoms. The minimum Gasteiger partial charge on any atom is -0.330 e. The van der Waals surface area contributed by atoms with Crippen LogP contribution in [0.5, 0.6) is 0 Å². The Hall–Kier alpha value is -0.120. The maximum atomic E-state index is 5.90. The van der Waals surface area contributed by atoms with Crippen molar-refractivity contribution in [1.82, 2.24) is 9.80 Å². The highest BCUT2D eigenvalue weighted by Gasteiger charge is 2.26. The minimum atomic E-state index is 0.324. The van der Waals surface area contributed by atoms with Gasteiger partial charge in [0.25, 0.3) is 0 Å². The second kappa shape index (κ2) is 5.83. The van der Waals surface area contributed by atoms with E-state index in [0.717, 1.165) is 6.54 Å². The molecule has 1 fully saturated rings. The van der Waals surface area contributed by atoms with Gasteiger partial charge in [0, 0.05) is 32.7 Å². The summed E-state index contributed by atoms with van der Waals surface area (Å²) in [6, 6.07) is 0. The number of likely N-dealkylation sites (N-methyl/N-ethyl adjacent to an activating group) is 1. The fourth-order valence-electron chi connectivity index (χ4n) is 2.40. The SMILES string of the molecule is CCCC(C)(CN)CN1CCN(C)CC1. The molecule has 0 aromatic carbocycles. The van der Waals surface area contributed by atoms with Crippen molar-refractivity contribution < 1.29 is 0 Å². The molecule has 0 aromatic rings. The van der Waals surface area contributed by atoms with Gasteiger partial charge in [-0.1, -0.05) is 20.3 Å². The van der Waals surface area contributed by atoms with E-state index in [1.165, 1.54) is 45.6 Å². The maximum absolute atomic E-state index is 5.90. The Bertz CT molecular complexity index is 176. The summed E-state index contributed by atoms with van der Waals surface area (Å²) in [5.74, 6) is 0. The third-order valence-corrected chi connectivity index (χ3v) is 3.55. The fraction of sp³-hybridized carbons (Fsp3) is 1.00. The topological polar surface area (TPSA) is 32.5 Å². The molecule has 1 aliphatic heterocycles. The number of hydrogen-bond acceptors (Lipinski definition) is 3. The highest BCUT2D eigenvalue weighted by molar-refractivity contribution is 4.81. The fourth-order valence-corrected chi connectivity index (χ4v) is 2.40. The van der Waals surface area contributed by atoms with Gasteiger partial charge < -0.3 is 15.5 Å². The molecule has 0 amide bonds. The lowest BCUT2D eigenvalue weighted by molar-refractivity contribution is 0.102. The quantitative estimate of drug-likeness (QED) is 0.739. The average Bonchev–Trinajstić information content (AvgIpc) is 2.22. The van der Waals surface area contributed by atoms with Gasteiger partial charge in [0.05, 0.1) is 0 Å². The number of rotatable bonds is 5. The first kappa shape index (κ1) is 12.9. The summed E-state index contributed by atoms with van der Waals surface area (Å²) in [4.78, 5) is 4.97. The van der Waals surface area contributed by atoms with Gasteiger partial charge in [0.1, 0.15) is 0 Å². The van der Waals surface area contributed by atoms with Crippen LogP contribution in [0.1, 0.15) is 26.7 Å². The van der Waals surface area contributed by atoms with Crippen LogP contribution in [-0.2, 0) is 0 Å². The van der Waals surface area contributed by atoms with Crippen molar-refractivity contribution in [3.63, 3.8) is 0 Å². The van der Waals surface area contributed by atoms with Crippen LogP contribution in [0.25, 0.3) is 0 Å². The van der Waals surface area contributed by atoms with Gasteiger partial charge in [-0.15, -0.1) is 0 Å². The van der Waals surface area contributed by atoms with Crippen LogP contribution >= 0.6 is 0 Å². The van der Waals surface area contributed by atoms with E-state index in [0.29, 0.717) is 5.41 Å². The minimum absolute atomic E-state index is 0.324. The summed E-state index contributed by atoms with van der Waals surface area (Å²) >= 11 is 0. The van der Waals surface area contributed by atoms with E-state index in [1.54, 1.807) is 0 Å². The Balaban J connectivity index is 2.38. The van der Waals surface area contributed by atoms with Crippen LogP contribution < -0.4 is 5.73 Å². The molecule has 0 bridgehead atoms. The van der Waals surface area contributed by atoms with E-state index < -0.39 is 0 Å². The molecule has 1 atom stereocenters. The average molecular weight is 213 g/mol. The predicted octanol–water partition coefficient (Wildman–Crippen LogP) is 0.999. The Morgan fingerprint density at radius 3 is 2.27 bits per heavy atom. The Morgan fingerprint density at radius 1 is 1.20 bits per heavy atom. The first-order chi connectivity index (χ1) is 7.09. The van der Waals surface area contributed by atoms with Gasteiger partial charge in [0.15, 0.2) is 0 Å². The lowest BCUT2D eigenvalue weighted by Crippen LogP contribution is -2.49. The van der Waals surface area contributed by atoms with Crippen molar-refractivity contribution >= 4 is 0 Å². The van der Waals surface area contributed by atoms with Crippen molar-refractivity contribution in [2.75, 3.05) is 46.3 Å². The Morgan fingerprint density at radius 2 is 1.80 bits per heavy atom. The second-order valence-corrected chi connectivity index (χ2v) is 5.34. The third-order valence-electron chi connectivity index (χ3n) is 3.55. The standard InChI is InChI=1S/C12H27N3/c1-4-5-12(2,10-13)11-15-8-6-14(3)7-9-15/h4-11,13H2,1-3H3. The zero-order valence-electron chi connectivity index (χ0n) is 10.6. The molecule has 3 nitrogen and oxygen atoms in total. The smallest absolute Gasteiger partial charge is 0.0110 e. The van der Waals surface area contributed by atoms with Crippen LogP contribution in [0.4, 0.5) is 0 Å². The molecule has 0 aromatic heterocycles. The number of nitrogens with zero attached hydrogens (tertiary/aromatic N) is 2. The maximum Gasteiger partial charge on any atom is 0.0110 e. The summed E-state index contributed by atoms with van der Waals surface area (Å²) < 4.78 is 0. The van der Waals surface area contributed by atoms with Crippen LogP contribution in [0.2, 0.25) is 0 Å². The van der Waals surface area contributed by atoms with Crippen LogP contribution in [0.15, 0.2) is 0 Å². The van der Waals surface area contributed by atoms with Crippen molar-refractivity contribution in [3.05, 3.63) is 0 Å². The van der Waals surface area contributed by atoms with Crippen molar-refractivity contribution in [2.45, 2.75) is 26.7 Å². The highest BCUT2D eigenvalue weighted by atomic mass is 15.2. The Labute approximate surface area is 94.6 Å². The first-order valence-corrected chi connectivity index (χ1v) is 6.20. The molecule has 1 saturated heterocycles. The molecule has 0 spiro atoms. The predicted molar refractivity (Wildman–Crippen MR) is 66.0 cm³/mol. The molecule has 3 heteroatoms. The largest absolute Gasteiger partial charge is 0.330 e. The zero-order chi connectivity index (χ0) is 11.3. The van der Waals surface area contributed by atoms with Crippen LogP contribution in [0, 0.1) is 5.41 Å². The van der Waals surface area contributed by atoms with Gasteiger partial charge in [-0.05, 0) is 25.4 Å². The molecule has 90 valence electrons. The molecule has 1 heterocycles. The molecule has 0 radical (unpaired) electrons. The highest BCUT2D eigenvalue weighted by Crippen LogP contribution is 2.23. The summed E-state index contributed by atoms with van der Waals surface area (Å²) in [5, 5.41) is 0. The molecule has 1 aliphatic rings. The summed E-state index contributed by atoms with van der Waals surface area (Å²) in [7, 11) is 2.20. The lowest BCUT2D eigenvalue weighted by Gasteiger charge is -2.39. The summed E-state index contributed by atoms with van der Waals surface area (Å²) in [6.45, 7) is 11.4. The molecule has 1 unspecified atom stereocenters. The van der Waals surface area contributed by atoms with E-state index in [-0.39, 0.29) is 0 Å². The Kier molecular flexibility index (Phi) is 5.03. The van der Waals surface area contributed by atoms with E-state index >= 15 is 0 Å². The number of piperazine rings is 1. The number of nitrogens with two attached hydrogens (primary N) is 1. The van der Waals surface area contributed by atoms with Gasteiger partial charge >= 0.3 is 0 Å². The second-order valence-electron chi connectivity index (χ2n) is 5.34. The summed E-state index contributed by atoms with van der Waals surface area (Å²) in [5.41, 5.74) is 6.22. The zero-order valence-corrected chi connectivity index (χ0v) is 10.6.